The highest BCUT2D eigenvalue weighted by Gasteiger charge is 2.12. The lowest BCUT2D eigenvalue weighted by Gasteiger charge is -2.11. The van der Waals surface area contributed by atoms with Gasteiger partial charge in [0.2, 0.25) is 0 Å². The molecule has 0 aromatic heterocycles. The molecular weight excluding hydrogens is 259 g/mol. The van der Waals surface area contributed by atoms with E-state index in [1.54, 1.807) is 25.1 Å². The normalized spacial score (nSPS) is 10.2. The highest BCUT2D eigenvalue weighted by Crippen LogP contribution is 2.25. The number of rotatable bonds is 3. The number of aryl methyl sites for hydroxylation is 1. The number of benzene rings is 2. The van der Waals surface area contributed by atoms with E-state index in [0.29, 0.717) is 28.3 Å². The van der Waals surface area contributed by atoms with E-state index in [2.05, 4.69) is 5.32 Å². The van der Waals surface area contributed by atoms with Crippen LogP contribution in [0.15, 0.2) is 36.4 Å². The monoisotopic (exact) mass is 274 g/mol. The average Bonchev–Trinajstić information content (AvgIpc) is 2.41. The van der Waals surface area contributed by atoms with Crippen molar-refractivity contribution in [2.24, 2.45) is 0 Å². The summed E-state index contributed by atoms with van der Waals surface area (Å²) in [7, 11) is 1.53. The second kappa shape index (κ2) is 5.61. The van der Waals surface area contributed by atoms with Crippen LogP contribution in [0.25, 0.3) is 0 Å². The van der Waals surface area contributed by atoms with Gasteiger partial charge in [-0.2, -0.15) is 0 Å². The van der Waals surface area contributed by atoms with Crippen LogP contribution < -0.4 is 15.8 Å². The lowest BCUT2D eigenvalue weighted by molar-refractivity contribution is 0.102. The molecule has 4 nitrogen and oxygen atoms in total. The molecule has 0 spiro atoms. The van der Waals surface area contributed by atoms with Crippen LogP contribution in [0.2, 0.25) is 0 Å². The van der Waals surface area contributed by atoms with Crippen molar-refractivity contribution < 1.29 is 13.9 Å². The third-order valence-electron chi connectivity index (χ3n) is 2.94. The number of halogens is 1. The quantitative estimate of drug-likeness (QED) is 0.846. The summed E-state index contributed by atoms with van der Waals surface area (Å²) < 4.78 is 18.1. The molecule has 2 aromatic rings. The molecule has 0 atom stereocenters. The van der Waals surface area contributed by atoms with E-state index in [9.17, 15) is 9.18 Å². The Morgan fingerprint density at radius 1 is 1.25 bits per heavy atom. The molecular formula is C15H15FN2O2. The number of methoxy groups -OCH3 is 1. The molecule has 0 fully saturated rings. The van der Waals surface area contributed by atoms with Gasteiger partial charge in [-0.25, -0.2) is 4.39 Å². The fourth-order valence-electron chi connectivity index (χ4n) is 1.84. The minimum Gasteiger partial charge on any atom is -0.497 e. The number of nitrogen functional groups attached to an aromatic ring is 1. The number of carbonyl (C=O) groups excluding carboxylic acids is 1. The first-order chi connectivity index (χ1) is 9.51. The van der Waals surface area contributed by atoms with Crippen LogP contribution in [0.4, 0.5) is 15.8 Å². The van der Waals surface area contributed by atoms with E-state index in [1.165, 1.54) is 25.3 Å². The summed E-state index contributed by atoms with van der Waals surface area (Å²) in [5.74, 6) is -0.132. The van der Waals surface area contributed by atoms with Gasteiger partial charge in [-0.05, 0) is 42.8 Å². The zero-order valence-electron chi connectivity index (χ0n) is 11.2. The van der Waals surface area contributed by atoms with E-state index >= 15 is 0 Å². The number of ether oxygens (including phenoxy) is 1. The Morgan fingerprint density at radius 3 is 2.65 bits per heavy atom. The van der Waals surface area contributed by atoms with Crippen molar-refractivity contribution >= 4 is 17.3 Å². The zero-order valence-corrected chi connectivity index (χ0v) is 11.2. The Bertz CT molecular complexity index is 656. The first-order valence-corrected chi connectivity index (χ1v) is 6.02. The molecule has 0 saturated carbocycles. The highest BCUT2D eigenvalue weighted by molar-refractivity contribution is 6.06. The molecule has 0 aliphatic carbocycles. The number of nitrogens with one attached hydrogen (secondary N) is 1. The van der Waals surface area contributed by atoms with Crippen LogP contribution in [0.5, 0.6) is 5.75 Å². The van der Waals surface area contributed by atoms with E-state index in [0.717, 1.165) is 0 Å². The van der Waals surface area contributed by atoms with Crippen molar-refractivity contribution in [1.29, 1.82) is 0 Å². The third kappa shape index (κ3) is 2.88. The van der Waals surface area contributed by atoms with Gasteiger partial charge in [-0.15, -0.1) is 0 Å². The summed E-state index contributed by atoms with van der Waals surface area (Å²) in [6, 6.07) is 8.98. The Hall–Kier alpha value is -2.56. The molecule has 3 N–H and O–H groups in total. The summed E-state index contributed by atoms with van der Waals surface area (Å²) in [6.07, 6.45) is 0. The number of anilines is 2. The van der Waals surface area contributed by atoms with Crippen molar-refractivity contribution in [2.75, 3.05) is 18.2 Å². The van der Waals surface area contributed by atoms with Crippen molar-refractivity contribution in [3.63, 3.8) is 0 Å². The number of hydrogen-bond acceptors (Lipinski definition) is 3. The first kappa shape index (κ1) is 13.9. The maximum atomic E-state index is 13.0. The maximum Gasteiger partial charge on any atom is 0.255 e. The fraction of sp³-hybridized carbons (Fsp3) is 0.133. The molecule has 2 rings (SSSR count). The minimum absolute atomic E-state index is 0.345. The SMILES string of the molecule is COc1ccc(N)c(NC(=O)c2ccc(F)cc2C)c1. The van der Waals surface area contributed by atoms with Crippen LogP contribution in [0, 0.1) is 12.7 Å². The smallest absolute Gasteiger partial charge is 0.255 e. The van der Waals surface area contributed by atoms with E-state index < -0.39 is 0 Å². The minimum atomic E-state index is -0.375. The van der Waals surface area contributed by atoms with Gasteiger partial charge in [0.1, 0.15) is 11.6 Å². The van der Waals surface area contributed by atoms with Gasteiger partial charge in [0.15, 0.2) is 0 Å². The van der Waals surface area contributed by atoms with Gasteiger partial charge < -0.3 is 15.8 Å². The van der Waals surface area contributed by atoms with Gasteiger partial charge >= 0.3 is 0 Å². The molecule has 2 aromatic carbocycles. The molecule has 0 aliphatic heterocycles. The molecule has 0 radical (unpaired) electrons. The van der Waals surface area contributed by atoms with Crippen molar-refractivity contribution in [2.45, 2.75) is 6.92 Å². The Balaban J connectivity index is 2.27. The van der Waals surface area contributed by atoms with Gasteiger partial charge in [0.05, 0.1) is 18.5 Å². The summed E-state index contributed by atoms with van der Waals surface area (Å²) in [6.45, 7) is 1.67. The lowest BCUT2D eigenvalue weighted by atomic mass is 10.1. The van der Waals surface area contributed by atoms with Crippen molar-refractivity contribution in [3.05, 3.63) is 53.3 Å². The third-order valence-corrected chi connectivity index (χ3v) is 2.94. The van der Waals surface area contributed by atoms with Crippen LogP contribution in [-0.2, 0) is 0 Å². The second-order valence-electron chi connectivity index (χ2n) is 4.37. The number of carbonyl (C=O) groups is 1. The lowest BCUT2D eigenvalue weighted by Crippen LogP contribution is -2.14. The summed E-state index contributed by atoms with van der Waals surface area (Å²) >= 11 is 0. The largest absolute Gasteiger partial charge is 0.497 e. The Kier molecular flexibility index (Phi) is 3.89. The Morgan fingerprint density at radius 2 is 2.00 bits per heavy atom. The van der Waals surface area contributed by atoms with Crippen LogP contribution in [0.3, 0.4) is 0 Å². The Labute approximate surface area is 116 Å². The molecule has 1 amide bonds. The molecule has 0 saturated heterocycles. The van der Waals surface area contributed by atoms with Crippen LogP contribution in [0.1, 0.15) is 15.9 Å². The molecule has 5 heteroatoms. The second-order valence-corrected chi connectivity index (χ2v) is 4.37. The number of hydrogen-bond donors (Lipinski definition) is 2. The van der Waals surface area contributed by atoms with Gasteiger partial charge in [-0.3, -0.25) is 4.79 Å². The van der Waals surface area contributed by atoms with Gasteiger partial charge in [0, 0.05) is 11.6 Å². The fourth-order valence-corrected chi connectivity index (χ4v) is 1.84. The van der Waals surface area contributed by atoms with Gasteiger partial charge in [-0.1, -0.05) is 0 Å². The molecule has 0 aliphatic rings. The van der Waals surface area contributed by atoms with Crippen LogP contribution in [-0.4, -0.2) is 13.0 Å². The molecule has 20 heavy (non-hydrogen) atoms. The van der Waals surface area contributed by atoms with E-state index in [-0.39, 0.29) is 11.7 Å². The van der Waals surface area contributed by atoms with Crippen molar-refractivity contribution in [3.8, 4) is 5.75 Å². The highest BCUT2D eigenvalue weighted by atomic mass is 19.1. The molecule has 104 valence electrons. The maximum absolute atomic E-state index is 13.0. The molecule has 0 heterocycles. The van der Waals surface area contributed by atoms with E-state index in [4.69, 9.17) is 10.5 Å². The standard InChI is InChI=1S/C15H15FN2O2/c1-9-7-10(16)3-5-12(9)15(19)18-14-8-11(20-2)4-6-13(14)17/h3-8H,17H2,1-2H3,(H,18,19). The first-order valence-electron chi connectivity index (χ1n) is 6.02. The molecule has 0 bridgehead atoms. The topological polar surface area (TPSA) is 64.3 Å². The number of nitrogens with two attached hydrogens (primary N) is 1. The summed E-state index contributed by atoms with van der Waals surface area (Å²) in [5.41, 5.74) is 7.64. The van der Waals surface area contributed by atoms with E-state index in [1.807, 2.05) is 0 Å². The summed E-state index contributed by atoms with van der Waals surface area (Å²) in [4.78, 5) is 12.2. The zero-order chi connectivity index (χ0) is 14.7. The predicted molar refractivity (Wildman–Crippen MR) is 76.5 cm³/mol. The van der Waals surface area contributed by atoms with Crippen LogP contribution >= 0.6 is 0 Å². The summed E-state index contributed by atoms with van der Waals surface area (Å²) in [5, 5.41) is 2.70. The molecule has 0 unspecified atom stereocenters. The van der Waals surface area contributed by atoms with Crippen molar-refractivity contribution in [1.82, 2.24) is 0 Å². The average molecular weight is 274 g/mol. The predicted octanol–water partition coefficient (Wildman–Crippen LogP) is 2.98. The number of amides is 1. The van der Waals surface area contributed by atoms with Gasteiger partial charge in [0.25, 0.3) is 5.91 Å².